The molecule has 0 aromatic carbocycles. The molecule has 0 aliphatic rings. The molecule has 0 fully saturated rings. The van der Waals surface area contributed by atoms with Crippen LogP contribution in [0.1, 0.15) is 31.2 Å². The highest BCUT2D eigenvalue weighted by Gasteiger charge is 2.17. The molecule has 1 unspecified atom stereocenters. The van der Waals surface area contributed by atoms with Crippen LogP contribution in [0.2, 0.25) is 0 Å². The SMILES string of the molecule is COCCC(C)(C)CNCC(O)c1cccs1. The second-order valence-electron chi connectivity index (χ2n) is 5.07. The van der Waals surface area contributed by atoms with Gasteiger partial charge in [0.25, 0.3) is 0 Å². The summed E-state index contributed by atoms with van der Waals surface area (Å²) in [6, 6.07) is 3.93. The Hall–Kier alpha value is -0.420. The smallest absolute Gasteiger partial charge is 0.101 e. The zero-order chi connectivity index (χ0) is 12.7. The van der Waals surface area contributed by atoms with Gasteiger partial charge in [-0.1, -0.05) is 19.9 Å². The molecule has 0 radical (unpaired) electrons. The van der Waals surface area contributed by atoms with Gasteiger partial charge in [-0.25, -0.2) is 0 Å². The van der Waals surface area contributed by atoms with Crippen LogP contribution in [-0.4, -0.2) is 31.9 Å². The maximum Gasteiger partial charge on any atom is 0.101 e. The number of methoxy groups -OCH3 is 1. The largest absolute Gasteiger partial charge is 0.386 e. The van der Waals surface area contributed by atoms with Crippen LogP contribution in [0.4, 0.5) is 0 Å². The Morgan fingerprint density at radius 1 is 1.53 bits per heavy atom. The number of hydrogen-bond acceptors (Lipinski definition) is 4. The first kappa shape index (κ1) is 14.6. The maximum absolute atomic E-state index is 9.91. The fourth-order valence-corrected chi connectivity index (χ4v) is 2.31. The third kappa shape index (κ3) is 5.64. The Balaban J connectivity index is 2.23. The van der Waals surface area contributed by atoms with Crippen molar-refractivity contribution in [3.8, 4) is 0 Å². The minimum atomic E-state index is -0.395. The summed E-state index contributed by atoms with van der Waals surface area (Å²) in [5, 5.41) is 15.2. The number of aliphatic hydroxyl groups excluding tert-OH is 1. The lowest BCUT2D eigenvalue weighted by Crippen LogP contribution is -2.33. The van der Waals surface area contributed by atoms with Crippen LogP contribution in [0, 0.1) is 5.41 Å². The van der Waals surface area contributed by atoms with E-state index < -0.39 is 6.10 Å². The van der Waals surface area contributed by atoms with Gasteiger partial charge in [-0.2, -0.15) is 0 Å². The molecule has 17 heavy (non-hydrogen) atoms. The Morgan fingerprint density at radius 3 is 2.88 bits per heavy atom. The normalized spacial score (nSPS) is 13.9. The van der Waals surface area contributed by atoms with E-state index in [9.17, 15) is 5.11 Å². The van der Waals surface area contributed by atoms with Crippen molar-refractivity contribution in [2.45, 2.75) is 26.4 Å². The highest BCUT2D eigenvalue weighted by molar-refractivity contribution is 7.10. The molecule has 0 bridgehead atoms. The summed E-state index contributed by atoms with van der Waals surface area (Å²) in [6.45, 7) is 6.69. The minimum absolute atomic E-state index is 0.200. The van der Waals surface area contributed by atoms with E-state index in [1.54, 1.807) is 18.4 Å². The van der Waals surface area contributed by atoms with Crippen LogP contribution in [0.5, 0.6) is 0 Å². The van der Waals surface area contributed by atoms with E-state index in [4.69, 9.17) is 4.74 Å². The van der Waals surface area contributed by atoms with Gasteiger partial charge < -0.3 is 15.2 Å². The van der Waals surface area contributed by atoms with Gasteiger partial charge >= 0.3 is 0 Å². The van der Waals surface area contributed by atoms with Gasteiger partial charge in [-0.3, -0.25) is 0 Å². The van der Waals surface area contributed by atoms with Gasteiger partial charge in [0.05, 0.1) is 0 Å². The fourth-order valence-electron chi connectivity index (χ4n) is 1.60. The monoisotopic (exact) mass is 257 g/mol. The van der Waals surface area contributed by atoms with Crippen molar-refractivity contribution in [1.29, 1.82) is 0 Å². The molecule has 4 heteroatoms. The second-order valence-corrected chi connectivity index (χ2v) is 6.05. The Bertz CT molecular complexity index is 298. The van der Waals surface area contributed by atoms with Gasteiger partial charge in [0.1, 0.15) is 6.10 Å². The zero-order valence-electron chi connectivity index (χ0n) is 10.9. The minimum Gasteiger partial charge on any atom is -0.386 e. The molecule has 1 aromatic rings. The van der Waals surface area contributed by atoms with Crippen molar-refractivity contribution in [3.05, 3.63) is 22.4 Å². The van der Waals surface area contributed by atoms with E-state index >= 15 is 0 Å². The predicted molar refractivity (Wildman–Crippen MR) is 72.4 cm³/mol. The molecule has 1 heterocycles. The van der Waals surface area contributed by atoms with E-state index in [-0.39, 0.29) is 5.41 Å². The Morgan fingerprint density at radius 2 is 2.29 bits per heavy atom. The first-order chi connectivity index (χ1) is 8.05. The third-order valence-electron chi connectivity index (χ3n) is 2.80. The lowest BCUT2D eigenvalue weighted by molar-refractivity contribution is 0.141. The van der Waals surface area contributed by atoms with Crippen molar-refractivity contribution in [3.63, 3.8) is 0 Å². The van der Waals surface area contributed by atoms with E-state index in [2.05, 4.69) is 19.2 Å². The lowest BCUT2D eigenvalue weighted by Gasteiger charge is -2.25. The molecule has 3 nitrogen and oxygen atoms in total. The van der Waals surface area contributed by atoms with Crippen molar-refractivity contribution >= 4 is 11.3 Å². The van der Waals surface area contributed by atoms with Crippen molar-refractivity contribution in [2.75, 3.05) is 26.8 Å². The number of nitrogens with one attached hydrogen (secondary N) is 1. The Labute approximate surface area is 108 Å². The van der Waals surface area contributed by atoms with Crippen LogP contribution >= 0.6 is 11.3 Å². The molecule has 0 amide bonds. The first-order valence-electron chi connectivity index (χ1n) is 5.96. The molecule has 1 rings (SSSR count). The molecule has 1 atom stereocenters. The zero-order valence-corrected chi connectivity index (χ0v) is 11.7. The molecular formula is C13H23NO2S. The molecule has 0 saturated heterocycles. The summed E-state index contributed by atoms with van der Waals surface area (Å²) in [5.74, 6) is 0. The van der Waals surface area contributed by atoms with Crippen molar-refractivity contribution in [1.82, 2.24) is 5.32 Å². The summed E-state index contributed by atoms with van der Waals surface area (Å²) < 4.78 is 5.09. The van der Waals surface area contributed by atoms with Gasteiger partial charge in [0.15, 0.2) is 0 Å². The van der Waals surface area contributed by atoms with E-state index in [1.165, 1.54) is 0 Å². The number of hydrogen-bond donors (Lipinski definition) is 2. The van der Waals surface area contributed by atoms with Crippen LogP contribution in [0.25, 0.3) is 0 Å². The summed E-state index contributed by atoms with van der Waals surface area (Å²) in [7, 11) is 1.73. The number of rotatable bonds is 8. The summed E-state index contributed by atoms with van der Waals surface area (Å²) >= 11 is 1.59. The molecule has 98 valence electrons. The average Bonchev–Trinajstić information content (AvgIpc) is 2.79. The molecule has 0 spiro atoms. The second kappa shape index (κ2) is 7.11. The molecule has 0 saturated carbocycles. The topological polar surface area (TPSA) is 41.5 Å². The van der Waals surface area contributed by atoms with Gasteiger partial charge in [0.2, 0.25) is 0 Å². The molecular weight excluding hydrogens is 234 g/mol. The summed E-state index contributed by atoms with van der Waals surface area (Å²) in [4.78, 5) is 1.02. The predicted octanol–water partition coefficient (Wildman–Crippen LogP) is 2.43. The van der Waals surface area contributed by atoms with Gasteiger partial charge in [0, 0.05) is 31.7 Å². The highest BCUT2D eigenvalue weighted by Crippen LogP contribution is 2.20. The van der Waals surface area contributed by atoms with Crippen molar-refractivity contribution < 1.29 is 9.84 Å². The van der Waals surface area contributed by atoms with Crippen LogP contribution in [-0.2, 0) is 4.74 Å². The van der Waals surface area contributed by atoms with Gasteiger partial charge in [-0.05, 0) is 23.3 Å². The van der Waals surface area contributed by atoms with Crippen LogP contribution in [0.15, 0.2) is 17.5 Å². The summed E-state index contributed by atoms with van der Waals surface area (Å²) in [6.07, 6.45) is 0.624. The molecule has 2 N–H and O–H groups in total. The number of ether oxygens (including phenoxy) is 1. The highest BCUT2D eigenvalue weighted by atomic mass is 32.1. The molecule has 1 aromatic heterocycles. The Kier molecular flexibility index (Phi) is 6.12. The number of aliphatic hydroxyl groups is 1. The standard InChI is InChI=1S/C13H23NO2S/c1-13(2,6-7-16-3)10-14-9-11(15)12-5-4-8-17-12/h4-5,8,11,14-15H,6-7,9-10H2,1-3H3. The average molecular weight is 257 g/mol. The van der Waals surface area contributed by atoms with Crippen LogP contribution in [0.3, 0.4) is 0 Å². The van der Waals surface area contributed by atoms with E-state index in [0.717, 1.165) is 24.4 Å². The summed E-state index contributed by atoms with van der Waals surface area (Å²) in [5.41, 5.74) is 0.200. The third-order valence-corrected chi connectivity index (χ3v) is 3.77. The van der Waals surface area contributed by atoms with E-state index in [0.29, 0.717) is 6.54 Å². The maximum atomic E-state index is 9.91. The molecule has 0 aliphatic heterocycles. The van der Waals surface area contributed by atoms with E-state index in [1.807, 2.05) is 17.5 Å². The lowest BCUT2D eigenvalue weighted by atomic mass is 9.89. The number of thiophene rings is 1. The van der Waals surface area contributed by atoms with Crippen LogP contribution < -0.4 is 5.32 Å². The van der Waals surface area contributed by atoms with Crippen molar-refractivity contribution in [2.24, 2.45) is 5.41 Å². The van der Waals surface area contributed by atoms with Gasteiger partial charge in [-0.15, -0.1) is 11.3 Å². The first-order valence-corrected chi connectivity index (χ1v) is 6.84. The fraction of sp³-hybridized carbons (Fsp3) is 0.692. The molecule has 0 aliphatic carbocycles. The quantitative estimate of drug-likeness (QED) is 0.751.